The minimum Gasteiger partial charge on any atom is -0.0654 e. The van der Waals surface area contributed by atoms with E-state index in [-0.39, 0.29) is 0 Å². The largest absolute Gasteiger partial charge is 0.0674 e. The molecule has 0 atom stereocenters. The second kappa shape index (κ2) is 9.79. The molecule has 0 aliphatic carbocycles. The summed E-state index contributed by atoms with van der Waals surface area (Å²) in [6, 6.07) is 0. The third-order valence-corrected chi connectivity index (χ3v) is 6.94. The predicted octanol–water partition coefficient (Wildman–Crippen LogP) is 6.60. The van der Waals surface area contributed by atoms with Gasteiger partial charge in [0.1, 0.15) is 0 Å². The molecule has 1 aliphatic heterocycles. The minimum absolute atomic E-state index is 0.755. The third kappa shape index (κ3) is 7.37. The maximum absolute atomic E-state index is 2.46. The highest BCUT2D eigenvalue weighted by atomic mass is 31.2. The lowest BCUT2D eigenvalue weighted by Crippen LogP contribution is -1.90. The van der Waals surface area contributed by atoms with Crippen LogP contribution in [-0.4, -0.2) is 12.8 Å². The van der Waals surface area contributed by atoms with Crippen molar-refractivity contribution in [2.75, 3.05) is 12.8 Å². The summed E-state index contributed by atoms with van der Waals surface area (Å²) in [5.41, 5.74) is 0. The van der Waals surface area contributed by atoms with E-state index in [1.165, 1.54) is 70.4 Å². The molecule has 0 unspecified atom stereocenters. The van der Waals surface area contributed by atoms with E-state index in [0.717, 1.165) is 0 Å². The van der Waals surface area contributed by atoms with E-state index < -0.39 is 7.26 Å². The lowest BCUT2D eigenvalue weighted by Gasteiger charge is -2.11. The molecule has 0 aromatic carbocycles. The zero-order chi connectivity index (χ0) is 13.1. The van der Waals surface area contributed by atoms with Crippen molar-refractivity contribution in [1.29, 1.82) is 0 Å². The van der Waals surface area contributed by atoms with Crippen molar-refractivity contribution in [3.63, 3.8) is 0 Å². The Morgan fingerprint density at radius 1 is 0.667 bits per heavy atom. The molecule has 18 heavy (non-hydrogen) atoms. The van der Waals surface area contributed by atoms with Gasteiger partial charge in [-0.3, -0.25) is 0 Å². The molecule has 1 aliphatic rings. The molecule has 0 spiro atoms. The number of rotatable bonds is 11. The number of hydrogen-bond acceptors (Lipinski definition) is 0. The molecule has 0 radical (unpaired) electrons. The topological polar surface area (TPSA) is 0 Å². The Balaban J connectivity index is 1.82. The minimum atomic E-state index is -0.755. The molecule has 0 aromatic rings. The fourth-order valence-electron chi connectivity index (χ4n) is 2.63. The standard InChI is InChI=1S/C17H32P/c1-3-4-5-6-7-8-9-10-11-12-15-18(2)16-13-14-17-18/h13-14,16-17H,3-12,15H2,1-2H3/q+1. The van der Waals surface area contributed by atoms with Crippen LogP contribution in [-0.2, 0) is 0 Å². The van der Waals surface area contributed by atoms with Gasteiger partial charge in [0, 0.05) is 0 Å². The fraction of sp³-hybridized carbons (Fsp3) is 0.765. The van der Waals surface area contributed by atoms with Gasteiger partial charge < -0.3 is 0 Å². The van der Waals surface area contributed by atoms with E-state index in [1.54, 1.807) is 0 Å². The normalized spacial score (nSPS) is 16.6. The Morgan fingerprint density at radius 2 is 1.11 bits per heavy atom. The first-order valence-corrected chi connectivity index (χ1v) is 10.5. The molecule has 0 bridgehead atoms. The van der Waals surface area contributed by atoms with E-state index in [0.29, 0.717) is 0 Å². The van der Waals surface area contributed by atoms with Crippen molar-refractivity contribution in [1.82, 2.24) is 0 Å². The van der Waals surface area contributed by atoms with Crippen LogP contribution in [0.3, 0.4) is 0 Å². The van der Waals surface area contributed by atoms with Crippen LogP contribution in [0.2, 0.25) is 0 Å². The maximum Gasteiger partial charge on any atom is 0.0674 e. The van der Waals surface area contributed by atoms with E-state index in [9.17, 15) is 0 Å². The van der Waals surface area contributed by atoms with Gasteiger partial charge in [-0.1, -0.05) is 58.3 Å². The summed E-state index contributed by atoms with van der Waals surface area (Å²) in [7, 11) is -0.755. The Bertz CT molecular complexity index is 240. The van der Waals surface area contributed by atoms with E-state index in [1.807, 2.05) is 0 Å². The van der Waals surface area contributed by atoms with Crippen LogP contribution in [0, 0.1) is 0 Å². The molecular weight excluding hydrogens is 235 g/mol. The molecule has 0 N–H and O–H groups in total. The summed E-state index contributed by atoms with van der Waals surface area (Å²) in [5, 5.41) is 0. The van der Waals surface area contributed by atoms with Crippen LogP contribution < -0.4 is 0 Å². The number of hydrogen-bond donors (Lipinski definition) is 0. The summed E-state index contributed by atoms with van der Waals surface area (Å²) in [6.07, 6.45) is 20.4. The summed E-state index contributed by atoms with van der Waals surface area (Å²) < 4.78 is 0. The monoisotopic (exact) mass is 267 g/mol. The van der Waals surface area contributed by atoms with Crippen LogP contribution in [0.15, 0.2) is 23.8 Å². The molecule has 104 valence electrons. The smallest absolute Gasteiger partial charge is 0.0654 e. The zero-order valence-electron chi connectivity index (χ0n) is 12.5. The quantitative estimate of drug-likeness (QED) is 0.292. The van der Waals surface area contributed by atoms with Crippen LogP contribution in [0.4, 0.5) is 0 Å². The van der Waals surface area contributed by atoms with Gasteiger partial charge >= 0.3 is 0 Å². The van der Waals surface area contributed by atoms with E-state index >= 15 is 0 Å². The van der Waals surface area contributed by atoms with Crippen molar-refractivity contribution < 1.29 is 0 Å². The van der Waals surface area contributed by atoms with Gasteiger partial charge in [-0.2, -0.15) is 0 Å². The van der Waals surface area contributed by atoms with Gasteiger partial charge in [0.15, 0.2) is 0 Å². The van der Waals surface area contributed by atoms with Gasteiger partial charge in [-0.05, 0) is 25.0 Å². The average molecular weight is 267 g/mol. The van der Waals surface area contributed by atoms with Gasteiger partial charge in [-0.25, -0.2) is 0 Å². The van der Waals surface area contributed by atoms with Crippen molar-refractivity contribution in [2.45, 2.75) is 71.1 Å². The first-order chi connectivity index (χ1) is 8.77. The lowest BCUT2D eigenvalue weighted by atomic mass is 10.1. The van der Waals surface area contributed by atoms with Crippen molar-refractivity contribution in [3.05, 3.63) is 23.8 Å². The zero-order valence-corrected chi connectivity index (χ0v) is 13.4. The van der Waals surface area contributed by atoms with Crippen LogP contribution in [0.25, 0.3) is 0 Å². The van der Waals surface area contributed by atoms with Gasteiger partial charge in [-0.15, -0.1) is 0 Å². The van der Waals surface area contributed by atoms with Crippen LogP contribution >= 0.6 is 7.26 Å². The molecule has 0 aromatic heterocycles. The van der Waals surface area contributed by atoms with E-state index in [4.69, 9.17) is 0 Å². The first-order valence-electron chi connectivity index (χ1n) is 7.99. The first kappa shape index (κ1) is 16.0. The van der Waals surface area contributed by atoms with Crippen molar-refractivity contribution in [3.8, 4) is 0 Å². The highest BCUT2D eigenvalue weighted by Crippen LogP contribution is 2.61. The Hall–Kier alpha value is -0.0900. The highest BCUT2D eigenvalue weighted by molar-refractivity contribution is 7.81. The number of allylic oxidation sites excluding steroid dienone is 2. The fourth-order valence-corrected chi connectivity index (χ4v) is 4.92. The summed E-state index contributed by atoms with van der Waals surface area (Å²) >= 11 is 0. The Labute approximate surface area is 115 Å². The Morgan fingerprint density at radius 3 is 1.61 bits per heavy atom. The van der Waals surface area contributed by atoms with E-state index in [2.05, 4.69) is 37.4 Å². The second-order valence-electron chi connectivity index (χ2n) is 5.94. The number of unbranched alkanes of at least 4 members (excludes halogenated alkanes) is 9. The second-order valence-corrected chi connectivity index (χ2v) is 9.67. The third-order valence-electron chi connectivity index (χ3n) is 3.96. The van der Waals surface area contributed by atoms with Crippen LogP contribution in [0.1, 0.15) is 71.1 Å². The van der Waals surface area contributed by atoms with Gasteiger partial charge in [0.05, 0.1) is 31.7 Å². The highest BCUT2D eigenvalue weighted by Gasteiger charge is 2.26. The van der Waals surface area contributed by atoms with Gasteiger partial charge in [0.2, 0.25) is 0 Å². The summed E-state index contributed by atoms with van der Waals surface area (Å²) in [6.45, 7) is 4.75. The molecule has 0 saturated heterocycles. The molecule has 0 saturated carbocycles. The van der Waals surface area contributed by atoms with Gasteiger partial charge in [0.25, 0.3) is 0 Å². The molecule has 0 amide bonds. The lowest BCUT2D eigenvalue weighted by molar-refractivity contribution is 0.563. The van der Waals surface area contributed by atoms with Crippen LogP contribution in [0.5, 0.6) is 0 Å². The SMILES string of the molecule is CCCCCCCCCCCC[P+]1(C)C=CC=C1. The molecule has 1 heterocycles. The van der Waals surface area contributed by atoms with Crippen molar-refractivity contribution in [2.24, 2.45) is 0 Å². The molecule has 0 fully saturated rings. The molecule has 0 nitrogen and oxygen atoms in total. The summed E-state index contributed by atoms with van der Waals surface area (Å²) in [5.74, 6) is 4.92. The molecule has 1 heteroatoms. The Kier molecular flexibility index (Phi) is 8.68. The summed E-state index contributed by atoms with van der Waals surface area (Å²) in [4.78, 5) is 0. The van der Waals surface area contributed by atoms with Crippen molar-refractivity contribution >= 4 is 7.26 Å². The molecule has 1 rings (SSSR count). The average Bonchev–Trinajstić information content (AvgIpc) is 2.79. The predicted molar refractivity (Wildman–Crippen MR) is 87.8 cm³/mol. The maximum atomic E-state index is 2.46. The molecular formula is C17H32P+.